The second-order valence-electron chi connectivity index (χ2n) is 5.57. The zero-order valence-corrected chi connectivity index (χ0v) is 15.5. The summed E-state index contributed by atoms with van der Waals surface area (Å²) in [6, 6.07) is 3.86. The zero-order chi connectivity index (χ0) is 17.6. The van der Waals surface area contributed by atoms with E-state index >= 15 is 0 Å². The largest absolute Gasteiger partial charge is 0.383 e. The van der Waals surface area contributed by atoms with Crippen LogP contribution >= 0.6 is 23.1 Å². The van der Waals surface area contributed by atoms with Crippen LogP contribution in [0.3, 0.4) is 0 Å². The van der Waals surface area contributed by atoms with Gasteiger partial charge in [-0.2, -0.15) is 16.9 Å². The number of anilines is 1. The second kappa shape index (κ2) is 8.50. The molecular weight excluding hydrogens is 360 g/mol. The molecule has 2 amide bonds. The van der Waals surface area contributed by atoms with Gasteiger partial charge in [-0.05, 0) is 11.4 Å². The average Bonchev–Trinajstić information content (AvgIpc) is 3.28. The van der Waals surface area contributed by atoms with Crippen molar-refractivity contribution in [3.05, 3.63) is 33.6 Å². The Hall–Kier alpha value is -1.84. The molecule has 0 aromatic carbocycles. The van der Waals surface area contributed by atoms with E-state index in [9.17, 15) is 9.59 Å². The van der Waals surface area contributed by atoms with Crippen LogP contribution in [-0.2, 0) is 38.8 Å². The third kappa shape index (κ3) is 4.62. The van der Waals surface area contributed by atoms with Crippen LogP contribution in [0.5, 0.6) is 0 Å². The van der Waals surface area contributed by atoms with E-state index in [-0.39, 0.29) is 18.4 Å². The van der Waals surface area contributed by atoms with Gasteiger partial charge in [-0.25, -0.2) is 4.68 Å². The number of rotatable bonds is 8. The summed E-state index contributed by atoms with van der Waals surface area (Å²) >= 11 is 3.31. The van der Waals surface area contributed by atoms with Crippen LogP contribution < -0.4 is 10.6 Å². The molecule has 0 atom stereocenters. The topological polar surface area (TPSA) is 85.2 Å². The Labute approximate surface area is 154 Å². The zero-order valence-electron chi connectivity index (χ0n) is 13.9. The summed E-state index contributed by atoms with van der Waals surface area (Å²) in [5.74, 6) is 2.00. The number of carbonyl (C=O) groups is 2. The SMILES string of the molecule is COCCNC(=O)Cn1nc2c(c1NC(=O)Cc1cccs1)CSC2. The highest BCUT2D eigenvalue weighted by Crippen LogP contribution is 2.34. The van der Waals surface area contributed by atoms with Crippen molar-refractivity contribution in [2.24, 2.45) is 0 Å². The molecule has 0 fully saturated rings. The molecular formula is C16H20N4O3S2. The second-order valence-corrected chi connectivity index (χ2v) is 7.59. The highest BCUT2D eigenvalue weighted by molar-refractivity contribution is 7.98. The Morgan fingerprint density at radius 2 is 2.24 bits per heavy atom. The third-order valence-corrected chi connectivity index (χ3v) is 5.56. The molecule has 1 aliphatic rings. The quantitative estimate of drug-likeness (QED) is 0.680. The first kappa shape index (κ1) is 18.0. The molecule has 9 heteroatoms. The molecule has 0 bridgehead atoms. The summed E-state index contributed by atoms with van der Waals surface area (Å²) in [4.78, 5) is 25.4. The van der Waals surface area contributed by atoms with E-state index in [1.165, 1.54) is 0 Å². The highest BCUT2D eigenvalue weighted by Gasteiger charge is 2.24. The number of thioether (sulfide) groups is 1. The molecule has 25 heavy (non-hydrogen) atoms. The van der Waals surface area contributed by atoms with Crippen molar-refractivity contribution in [1.29, 1.82) is 0 Å². The molecule has 0 radical (unpaired) electrons. The van der Waals surface area contributed by atoms with Crippen molar-refractivity contribution in [2.75, 3.05) is 25.6 Å². The van der Waals surface area contributed by atoms with Crippen molar-refractivity contribution < 1.29 is 14.3 Å². The summed E-state index contributed by atoms with van der Waals surface area (Å²) in [5.41, 5.74) is 1.97. The number of nitrogens with zero attached hydrogens (tertiary/aromatic N) is 2. The Bertz CT molecular complexity index is 743. The van der Waals surface area contributed by atoms with Gasteiger partial charge in [-0.3, -0.25) is 9.59 Å². The van der Waals surface area contributed by atoms with Gasteiger partial charge in [-0.1, -0.05) is 6.07 Å². The van der Waals surface area contributed by atoms with Crippen molar-refractivity contribution >= 4 is 40.7 Å². The number of carbonyl (C=O) groups excluding carboxylic acids is 2. The van der Waals surface area contributed by atoms with E-state index in [0.717, 1.165) is 27.6 Å². The summed E-state index contributed by atoms with van der Waals surface area (Å²) in [6.07, 6.45) is 0.324. The fourth-order valence-corrected chi connectivity index (χ4v) is 4.29. The van der Waals surface area contributed by atoms with Gasteiger partial charge in [0.1, 0.15) is 12.4 Å². The van der Waals surface area contributed by atoms with Gasteiger partial charge < -0.3 is 15.4 Å². The van der Waals surface area contributed by atoms with Crippen LogP contribution in [0.4, 0.5) is 5.82 Å². The monoisotopic (exact) mass is 380 g/mol. The molecule has 0 aliphatic carbocycles. The fourth-order valence-electron chi connectivity index (χ4n) is 2.55. The van der Waals surface area contributed by atoms with Crippen molar-refractivity contribution in [3.8, 4) is 0 Å². The Morgan fingerprint density at radius 3 is 3.00 bits per heavy atom. The average molecular weight is 380 g/mol. The molecule has 2 N–H and O–H groups in total. The van der Waals surface area contributed by atoms with Crippen molar-refractivity contribution in [3.63, 3.8) is 0 Å². The van der Waals surface area contributed by atoms with Crippen molar-refractivity contribution in [1.82, 2.24) is 15.1 Å². The minimum absolute atomic E-state index is 0.0794. The maximum absolute atomic E-state index is 12.4. The number of ether oxygens (including phenoxy) is 1. The van der Waals surface area contributed by atoms with Gasteiger partial charge >= 0.3 is 0 Å². The number of thiophene rings is 1. The van der Waals surface area contributed by atoms with E-state index < -0.39 is 0 Å². The number of hydrogen-bond donors (Lipinski definition) is 2. The van der Waals surface area contributed by atoms with E-state index in [0.29, 0.717) is 25.4 Å². The van der Waals surface area contributed by atoms with E-state index in [2.05, 4.69) is 15.7 Å². The summed E-state index contributed by atoms with van der Waals surface area (Å²) in [6.45, 7) is 0.991. The smallest absolute Gasteiger partial charge is 0.241 e. The predicted octanol–water partition coefficient (Wildman–Crippen LogP) is 1.64. The van der Waals surface area contributed by atoms with Crippen LogP contribution in [0.1, 0.15) is 16.1 Å². The first-order valence-corrected chi connectivity index (χ1v) is 9.95. The van der Waals surface area contributed by atoms with Gasteiger partial charge in [-0.15, -0.1) is 11.3 Å². The molecule has 0 saturated heterocycles. The predicted molar refractivity (Wildman–Crippen MR) is 98.8 cm³/mol. The Morgan fingerprint density at radius 1 is 1.36 bits per heavy atom. The number of amides is 2. The van der Waals surface area contributed by atoms with Crippen LogP contribution in [0.15, 0.2) is 17.5 Å². The first-order chi connectivity index (χ1) is 12.2. The molecule has 1 aliphatic heterocycles. The molecule has 2 aromatic rings. The van der Waals surface area contributed by atoms with Gasteiger partial charge in [0.05, 0.1) is 18.7 Å². The van der Waals surface area contributed by atoms with Gasteiger partial charge in [0.15, 0.2) is 0 Å². The van der Waals surface area contributed by atoms with E-state index in [1.807, 2.05) is 17.5 Å². The number of aromatic nitrogens is 2. The summed E-state index contributed by atoms with van der Waals surface area (Å²) in [7, 11) is 1.59. The van der Waals surface area contributed by atoms with Gasteiger partial charge in [0.25, 0.3) is 0 Å². The van der Waals surface area contributed by atoms with Crippen LogP contribution in [0.25, 0.3) is 0 Å². The molecule has 0 unspecified atom stereocenters. The highest BCUT2D eigenvalue weighted by atomic mass is 32.2. The summed E-state index contributed by atoms with van der Waals surface area (Å²) < 4.78 is 6.52. The minimum Gasteiger partial charge on any atom is -0.383 e. The maximum atomic E-state index is 12.4. The molecule has 134 valence electrons. The lowest BCUT2D eigenvalue weighted by Crippen LogP contribution is -2.31. The molecule has 7 nitrogen and oxygen atoms in total. The van der Waals surface area contributed by atoms with Crippen molar-refractivity contribution in [2.45, 2.75) is 24.5 Å². The minimum atomic E-state index is -0.153. The molecule has 2 aromatic heterocycles. The number of fused-ring (bicyclic) bond motifs is 1. The molecule has 0 saturated carbocycles. The van der Waals surface area contributed by atoms with Crippen LogP contribution in [-0.4, -0.2) is 41.9 Å². The van der Waals surface area contributed by atoms with Gasteiger partial charge in [0, 0.05) is 35.6 Å². The fraction of sp³-hybridized carbons (Fsp3) is 0.438. The lowest BCUT2D eigenvalue weighted by atomic mass is 10.2. The van der Waals surface area contributed by atoms with Gasteiger partial charge in [0.2, 0.25) is 11.8 Å². The number of nitrogens with one attached hydrogen (secondary N) is 2. The molecule has 0 spiro atoms. The molecule has 3 rings (SSSR count). The number of methoxy groups -OCH3 is 1. The Balaban J connectivity index is 1.69. The summed E-state index contributed by atoms with van der Waals surface area (Å²) in [5, 5.41) is 12.2. The normalized spacial score (nSPS) is 12.8. The standard InChI is InChI=1S/C16H20N4O3S2/c1-23-5-4-17-15(22)8-20-16(12-9-24-10-13(12)19-20)18-14(21)7-11-3-2-6-25-11/h2-3,6H,4-5,7-10H2,1H3,(H,17,22)(H,18,21). The molecule has 3 heterocycles. The van der Waals surface area contributed by atoms with Crippen LogP contribution in [0.2, 0.25) is 0 Å². The lowest BCUT2D eigenvalue weighted by Gasteiger charge is -2.11. The number of hydrogen-bond acceptors (Lipinski definition) is 6. The van der Waals surface area contributed by atoms with E-state index in [1.54, 1.807) is 34.9 Å². The van der Waals surface area contributed by atoms with E-state index in [4.69, 9.17) is 4.74 Å². The Kier molecular flexibility index (Phi) is 6.11. The third-order valence-electron chi connectivity index (χ3n) is 3.71. The lowest BCUT2D eigenvalue weighted by molar-refractivity contribution is -0.122. The maximum Gasteiger partial charge on any atom is 0.241 e. The first-order valence-electron chi connectivity index (χ1n) is 7.91. The van der Waals surface area contributed by atoms with Crippen LogP contribution in [0, 0.1) is 0 Å².